The van der Waals surface area contributed by atoms with Crippen molar-refractivity contribution in [1.82, 2.24) is 0 Å². The second-order valence-corrected chi connectivity index (χ2v) is 3.66. The molecule has 1 aromatic heterocycles. The summed E-state index contributed by atoms with van der Waals surface area (Å²) in [6.45, 7) is 1.37. The van der Waals surface area contributed by atoms with Gasteiger partial charge in [0.1, 0.15) is 5.75 Å². The second-order valence-electron chi connectivity index (χ2n) is 2.80. The number of benzene rings is 1. The van der Waals surface area contributed by atoms with Crippen molar-refractivity contribution in [3.05, 3.63) is 28.9 Å². The van der Waals surface area contributed by atoms with Gasteiger partial charge in [0.15, 0.2) is 5.58 Å². The Hall–Kier alpha value is -1.29. The van der Waals surface area contributed by atoms with Crippen LogP contribution in [0, 0.1) is 0 Å². The van der Waals surface area contributed by atoms with Gasteiger partial charge < -0.3 is 9.15 Å². The third kappa shape index (κ3) is 1.53. The molecule has 0 spiro atoms. The SMILES string of the molecule is CC(=O)Oc1ccc(Br)c2occc12. The van der Waals surface area contributed by atoms with Gasteiger partial charge in [0, 0.05) is 6.92 Å². The van der Waals surface area contributed by atoms with Crippen LogP contribution in [0.15, 0.2) is 33.4 Å². The Morgan fingerprint density at radius 3 is 2.93 bits per heavy atom. The van der Waals surface area contributed by atoms with Gasteiger partial charge in [-0.05, 0) is 34.1 Å². The van der Waals surface area contributed by atoms with Crippen LogP contribution in [-0.2, 0) is 4.79 Å². The van der Waals surface area contributed by atoms with E-state index in [0.717, 1.165) is 9.86 Å². The molecule has 0 aliphatic carbocycles. The Labute approximate surface area is 88.8 Å². The standard InChI is InChI=1S/C10H7BrO3/c1-6(12)14-9-3-2-8(11)10-7(9)4-5-13-10/h2-5H,1H3. The van der Waals surface area contributed by atoms with Gasteiger partial charge >= 0.3 is 5.97 Å². The van der Waals surface area contributed by atoms with Crippen LogP contribution in [0.4, 0.5) is 0 Å². The van der Waals surface area contributed by atoms with Gasteiger partial charge in [-0.15, -0.1) is 0 Å². The number of hydrogen-bond donors (Lipinski definition) is 0. The number of esters is 1. The first kappa shape index (κ1) is 9.27. The molecule has 1 aromatic carbocycles. The number of ether oxygens (including phenoxy) is 1. The van der Waals surface area contributed by atoms with Crippen LogP contribution in [0.2, 0.25) is 0 Å². The first-order chi connectivity index (χ1) is 6.68. The lowest BCUT2D eigenvalue weighted by Crippen LogP contribution is -2.01. The highest BCUT2D eigenvalue weighted by atomic mass is 79.9. The molecule has 4 heteroatoms. The molecule has 14 heavy (non-hydrogen) atoms. The second kappa shape index (κ2) is 3.46. The van der Waals surface area contributed by atoms with E-state index in [1.54, 1.807) is 24.5 Å². The minimum Gasteiger partial charge on any atom is -0.463 e. The summed E-state index contributed by atoms with van der Waals surface area (Å²) in [5.74, 6) is 0.180. The molecular formula is C10H7BrO3. The van der Waals surface area contributed by atoms with Crippen molar-refractivity contribution in [1.29, 1.82) is 0 Å². The Bertz CT molecular complexity index is 487. The molecule has 0 saturated heterocycles. The van der Waals surface area contributed by atoms with E-state index in [2.05, 4.69) is 15.9 Å². The number of fused-ring (bicyclic) bond motifs is 1. The molecule has 0 N–H and O–H groups in total. The maximum absolute atomic E-state index is 10.8. The zero-order valence-electron chi connectivity index (χ0n) is 7.41. The highest BCUT2D eigenvalue weighted by molar-refractivity contribution is 9.10. The Balaban J connectivity index is 2.60. The van der Waals surface area contributed by atoms with E-state index in [0.29, 0.717) is 11.3 Å². The molecule has 0 unspecified atom stereocenters. The first-order valence-corrected chi connectivity index (χ1v) is 4.82. The topological polar surface area (TPSA) is 39.4 Å². The maximum Gasteiger partial charge on any atom is 0.308 e. The van der Waals surface area contributed by atoms with Crippen molar-refractivity contribution < 1.29 is 13.9 Å². The van der Waals surface area contributed by atoms with Gasteiger partial charge in [0.2, 0.25) is 0 Å². The van der Waals surface area contributed by atoms with E-state index >= 15 is 0 Å². The average molecular weight is 255 g/mol. The zero-order chi connectivity index (χ0) is 10.1. The summed E-state index contributed by atoms with van der Waals surface area (Å²) in [4.78, 5) is 10.8. The van der Waals surface area contributed by atoms with Crippen LogP contribution in [0.3, 0.4) is 0 Å². The summed E-state index contributed by atoms with van der Waals surface area (Å²) in [5, 5.41) is 0.787. The predicted octanol–water partition coefficient (Wildman–Crippen LogP) is 3.12. The van der Waals surface area contributed by atoms with Gasteiger partial charge in [0.25, 0.3) is 0 Å². The highest BCUT2D eigenvalue weighted by Crippen LogP contribution is 2.32. The molecule has 0 bridgehead atoms. The van der Waals surface area contributed by atoms with E-state index in [1.807, 2.05) is 0 Å². The molecule has 3 nitrogen and oxygen atoms in total. The molecule has 0 radical (unpaired) electrons. The minimum atomic E-state index is -0.338. The molecule has 2 rings (SSSR count). The van der Waals surface area contributed by atoms with Crippen molar-refractivity contribution >= 4 is 32.9 Å². The third-order valence-corrected chi connectivity index (χ3v) is 2.41. The van der Waals surface area contributed by atoms with Crippen LogP contribution in [-0.4, -0.2) is 5.97 Å². The zero-order valence-corrected chi connectivity index (χ0v) is 9.00. The van der Waals surface area contributed by atoms with Crippen LogP contribution < -0.4 is 4.74 Å². The Kier molecular flexibility index (Phi) is 2.29. The van der Waals surface area contributed by atoms with E-state index in [-0.39, 0.29) is 5.97 Å². The molecule has 0 fully saturated rings. The number of furan rings is 1. The summed E-state index contributed by atoms with van der Waals surface area (Å²) in [7, 11) is 0. The van der Waals surface area contributed by atoms with Crippen LogP contribution in [0.1, 0.15) is 6.92 Å². The van der Waals surface area contributed by atoms with Gasteiger partial charge in [-0.1, -0.05) is 0 Å². The fraction of sp³-hybridized carbons (Fsp3) is 0.100. The molecule has 0 saturated carbocycles. The summed E-state index contributed by atoms with van der Waals surface area (Å²) in [6.07, 6.45) is 1.56. The minimum absolute atomic E-state index is 0.338. The summed E-state index contributed by atoms with van der Waals surface area (Å²) in [6, 6.07) is 5.27. The van der Waals surface area contributed by atoms with Gasteiger partial charge in [0.05, 0.1) is 16.1 Å². The average Bonchev–Trinajstić information content (AvgIpc) is 2.58. The summed E-state index contributed by atoms with van der Waals surface area (Å²) < 4.78 is 11.1. The molecule has 1 heterocycles. The molecule has 0 atom stereocenters. The molecule has 0 amide bonds. The smallest absolute Gasteiger partial charge is 0.308 e. The van der Waals surface area contributed by atoms with Crippen molar-refractivity contribution in [3.63, 3.8) is 0 Å². The summed E-state index contributed by atoms with van der Waals surface area (Å²) >= 11 is 3.34. The van der Waals surface area contributed by atoms with Crippen molar-refractivity contribution in [2.45, 2.75) is 6.92 Å². The largest absolute Gasteiger partial charge is 0.463 e. The lowest BCUT2D eigenvalue weighted by molar-refractivity contribution is -0.131. The monoisotopic (exact) mass is 254 g/mol. The van der Waals surface area contributed by atoms with Crippen molar-refractivity contribution in [2.24, 2.45) is 0 Å². The van der Waals surface area contributed by atoms with E-state index < -0.39 is 0 Å². The van der Waals surface area contributed by atoms with Crippen molar-refractivity contribution in [3.8, 4) is 5.75 Å². The summed E-state index contributed by atoms with van der Waals surface area (Å²) in [5.41, 5.74) is 0.684. The van der Waals surface area contributed by atoms with Crippen LogP contribution >= 0.6 is 15.9 Å². The number of carbonyl (C=O) groups is 1. The van der Waals surface area contributed by atoms with Crippen LogP contribution in [0.5, 0.6) is 5.75 Å². The first-order valence-electron chi connectivity index (χ1n) is 4.02. The Morgan fingerprint density at radius 2 is 2.21 bits per heavy atom. The van der Waals surface area contributed by atoms with Gasteiger partial charge in [-0.3, -0.25) is 4.79 Å². The van der Waals surface area contributed by atoms with Crippen LogP contribution in [0.25, 0.3) is 11.0 Å². The lowest BCUT2D eigenvalue weighted by atomic mass is 10.2. The Morgan fingerprint density at radius 1 is 1.43 bits per heavy atom. The molecule has 0 aliphatic rings. The molecular weight excluding hydrogens is 248 g/mol. The van der Waals surface area contributed by atoms with E-state index in [4.69, 9.17) is 9.15 Å². The lowest BCUT2D eigenvalue weighted by Gasteiger charge is -2.02. The van der Waals surface area contributed by atoms with Crippen molar-refractivity contribution in [2.75, 3.05) is 0 Å². The molecule has 2 aromatic rings. The fourth-order valence-electron chi connectivity index (χ4n) is 1.25. The number of rotatable bonds is 1. The quantitative estimate of drug-likeness (QED) is 0.580. The van der Waals surface area contributed by atoms with Gasteiger partial charge in [-0.2, -0.15) is 0 Å². The number of halogens is 1. The maximum atomic E-state index is 10.8. The van der Waals surface area contributed by atoms with E-state index in [1.165, 1.54) is 6.92 Å². The fourth-order valence-corrected chi connectivity index (χ4v) is 1.69. The number of carbonyl (C=O) groups excluding carboxylic acids is 1. The molecule has 72 valence electrons. The number of hydrogen-bond acceptors (Lipinski definition) is 3. The highest BCUT2D eigenvalue weighted by Gasteiger charge is 2.09. The van der Waals surface area contributed by atoms with E-state index in [9.17, 15) is 4.79 Å². The normalized spacial score (nSPS) is 10.4. The molecule has 0 aliphatic heterocycles. The van der Waals surface area contributed by atoms with Gasteiger partial charge in [-0.25, -0.2) is 0 Å². The third-order valence-electron chi connectivity index (χ3n) is 1.78. The predicted molar refractivity (Wildman–Crippen MR) is 55.2 cm³/mol.